The first-order chi connectivity index (χ1) is 17.5. The highest BCUT2D eigenvalue weighted by atomic mass is 16.6. The van der Waals surface area contributed by atoms with Crippen LogP contribution in [0.15, 0.2) is 79.5 Å². The molecule has 1 saturated heterocycles. The smallest absolute Gasteiger partial charge is 0.416 e. The molecule has 1 amide bonds. The number of piperidine rings is 1. The van der Waals surface area contributed by atoms with Crippen LogP contribution in [-0.2, 0) is 5.60 Å². The molecule has 3 rings (SSSR count). The van der Waals surface area contributed by atoms with Gasteiger partial charge in [-0.3, -0.25) is 10.2 Å². The summed E-state index contributed by atoms with van der Waals surface area (Å²) >= 11 is 0. The Bertz CT molecular complexity index is 843. The minimum Gasteiger partial charge on any atom is -0.492 e. The zero-order valence-electron chi connectivity index (χ0n) is 23.0. The number of rotatable bonds is 7. The maximum atomic E-state index is 11.5. The van der Waals surface area contributed by atoms with Gasteiger partial charge in [0.15, 0.2) is 0 Å². The Morgan fingerprint density at radius 3 is 2.06 bits per heavy atom. The summed E-state index contributed by atoms with van der Waals surface area (Å²) in [6.07, 6.45) is 5.89. The van der Waals surface area contributed by atoms with Crippen molar-refractivity contribution in [2.24, 2.45) is 0 Å². The van der Waals surface area contributed by atoms with Crippen LogP contribution >= 0.6 is 0 Å². The number of ether oxygens (including phenoxy) is 2. The van der Waals surface area contributed by atoms with Gasteiger partial charge in [0.05, 0.1) is 5.60 Å². The lowest BCUT2D eigenvalue weighted by molar-refractivity contribution is -0.0278. The minimum absolute atomic E-state index is 0.454. The third-order valence-electron chi connectivity index (χ3n) is 5.07. The first-order valence-corrected chi connectivity index (χ1v) is 12.9. The predicted octanol–water partition coefficient (Wildman–Crippen LogP) is 6.92. The Morgan fingerprint density at radius 2 is 1.53 bits per heavy atom. The SMILES string of the molecule is C/C=C/NC(=O)Oc1ccc(OCCN2CCC(O)(c3ccccc3)CC2)cc1.C=CC.CC.CC. The van der Waals surface area contributed by atoms with Crippen LogP contribution in [0.2, 0.25) is 0 Å². The van der Waals surface area contributed by atoms with Gasteiger partial charge in [-0.1, -0.05) is 70.2 Å². The number of amides is 1. The van der Waals surface area contributed by atoms with Crippen molar-refractivity contribution < 1.29 is 19.4 Å². The van der Waals surface area contributed by atoms with Crippen molar-refractivity contribution in [1.82, 2.24) is 10.2 Å². The van der Waals surface area contributed by atoms with Crippen LogP contribution < -0.4 is 14.8 Å². The van der Waals surface area contributed by atoms with Gasteiger partial charge in [-0.05, 0) is 56.5 Å². The first-order valence-electron chi connectivity index (χ1n) is 12.9. The highest BCUT2D eigenvalue weighted by Crippen LogP contribution is 2.32. The zero-order valence-corrected chi connectivity index (χ0v) is 23.0. The molecule has 6 nitrogen and oxygen atoms in total. The van der Waals surface area contributed by atoms with E-state index in [9.17, 15) is 9.90 Å². The molecule has 0 radical (unpaired) electrons. The number of nitrogens with zero attached hydrogens (tertiary/aromatic N) is 1. The van der Waals surface area contributed by atoms with E-state index in [1.54, 1.807) is 43.3 Å². The highest BCUT2D eigenvalue weighted by Gasteiger charge is 2.33. The molecule has 0 spiro atoms. The number of carbonyl (C=O) groups excluding carboxylic acids is 1. The van der Waals surface area contributed by atoms with Crippen molar-refractivity contribution in [3.63, 3.8) is 0 Å². The number of hydrogen-bond acceptors (Lipinski definition) is 5. The van der Waals surface area contributed by atoms with Crippen molar-refractivity contribution in [2.45, 2.75) is 60.0 Å². The maximum absolute atomic E-state index is 11.5. The average molecular weight is 499 g/mol. The fraction of sp³-hybridized carbons (Fsp3) is 0.433. The number of benzene rings is 2. The molecule has 0 unspecified atom stereocenters. The molecule has 1 fully saturated rings. The molecule has 0 atom stereocenters. The second kappa shape index (κ2) is 20.1. The molecular weight excluding hydrogens is 452 g/mol. The van der Waals surface area contributed by atoms with Crippen LogP contribution in [0.1, 0.15) is 59.9 Å². The molecule has 0 aromatic heterocycles. The van der Waals surface area contributed by atoms with E-state index in [-0.39, 0.29) is 0 Å². The van der Waals surface area contributed by atoms with E-state index in [1.165, 1.54) is 6.20 Å². The summed E-state index contributed by atoms with van der Waals surface area (Å²) in [6, 6.07) is 16.9. The van der Waals surface area contributed by atoms with Crippen LogP contribution in [0, 0.1) is 0 Å². The van der Waals surface area contributed by atoms with Gasteiger partial charge in [-0.2, -0.15) is 0 Å². The molecule has 6 heteroatoms. The van der Waals surface area contributed by atoms with Crippen molar-refractivity contribution in [2.75, 3.05) is 26.2 Å². The van der Waals surface area contributed by atoms with Gasteiger partial charge in [0.2, 0.25) is 0 Å². The number of hydrogen-bond donors (Lipinski definition) is 2. The van der Waals surface area contributed by atoms with E-state index >= 15 is 0 Å². The Kier molecular flexibility index (Phi) is 18.4. The van der Waals surface area contributed by atoms with E-state index in [4.69, 9.17) is 9.47 Å². The lowest BCUT2D eigenvalue weighted by Crippen LogP contribution is -2.43. The van der Waals surface area contributed by atoms with Gasteiger partial charge < -0.3 is 14.6 Å². The molecule has 2 N–H and O–H groups in total. The third kappa shape index (κ3) is 12.6. The Balaban J connectivity index is 0.00000159. The highest BCUT2D eigenvalue weighted by molar-refractivity contribution is 5.71. The summed E-state index contributed by atoms with van der Waals surface area (Å²) < 4.78 is 10.9. The van der Waals surface area contributed by atoms with Crippen molar-refractivity contribution in [3.05, 3.63) is 85.1 Å². The monoisotopic (exact) mass is 498 g/mol. The summed E-state index contributed by atoms with van der Waals surface area (Å²) in [5.74, 6) is 1.18. The van der Waals surface area contributed by atoms with E-state index in [0.717, 1.165) is 43.8 Å². The number of aliphatic hydroxyl groups is 1. The molecule has 36 heavy (non-hydrogen) atoms. The fourth-order valence-electron chi connectivity index (χ4n) is 3.37. The van der Waals surface area contributed by atoms with Crippen LogP contribution in [0.5, 0.6) is 11.5 Å². The summed E-state index contributed by atoms with van der Waals surface area (Å²) in [7, 11) is 0. The summed E-state index contributed by atoms with van der Waals surface area (Å²) in [6.45, 7) is 18.1. The van der Waals surface area contributed by atoms with Gasteiger partial charge in [0, 0.05) is 25.8 Å². The van der Waals surface area contributed by atoms with E-state index < -0.39 is 11.7 Å². The molecule has 0 saturated carbocycles. The van der Waals surface area contributed by atoms with E-state index in [0.29, 0.717) is 12.4 Å². The lowest BCUT2D eigenvalue weighted by Gasteiger charge is -2.38. The van der Waals surface area contributed by atoms with Crippen molar-refractivity contribution >= 4 is 6.09 Å². The largest absolute Gasteiger partial charge is 0.492 e. The summed E-state index contributed by atoms with van der Waals surface area (Å²) in [5, 5.41) is 13.4. The van der Waals surface area contributed by atoms with Gasteiger partial charge in [0.25, 0.3) is 0 Å². The normalized spacial score (nSPS) is 14.0. The van der Waals surface area contributed by atoms with Gasteiger partial charge in [-0.15, -0.1) is 6.58 Å². The second-order valence-corrected chi connectivity index (χ2v) is 7.50. The van der Waals surface area contributed by atoms with Crippen LogP contribution in [0.25, 0.3) is 0 Å². The number of nitrogens with one attached hydrogen (secondary N) is 1. The maximum Gasteiger partial charge on any atom is 0.416 e. The predicted molar refractivity (Wildman–Crippen MR) is 150 cm³/mol. The number of likely N-dealkylation sites (tertiary alicyclic amines) is 1. The summed E-state index contributed by atoms with van der Waals surface area (Å²) in [5.41, 5.74) is 0.269. The minimum atomic E-state index is -0.729. The van der Waals surface area contributed by atoms with Gasteiger partial charge >= 0.3 is 6.09 Å². The van der Waals surface area contributed by atoms with Crippen LogP contribution in [0.4, 0.5) is 4.79 Å². The molecular formula is C30H46N2O4. The third-order valence-corrected chi connectivity index (χ3v) is 5.07. The molecule has 1 aliphatic rings. The van der Waals surface area contributed by atoms with E-state index in [2.05, 4.69) is 16.8 Å². The Labute approximate surface area is 218 Å². The van der Waals surface area contributed by atoms with Gasteiger partial charge in [-0.25, -0.2) is 4.79 Å². The number of carbonyl (C=O) groups is 1. The lowest BCUT2D eigenvalue weighted by atomic mass is 9.84. The first kappa shape index (κ1) is 32.9. The quantitative estimate of drug-likeness (QED) is 0.406. The Hall–Kier alpha value is -3.09. The van der Waals surface area contributed by atoms with Crippen molar-refractivity contribution in [1.29, 1.82) is 0 Å². The van der Waals surface area contributed by atoms with E-state index in [1.807, 2.05) is 65.0 Å². The standard InChI is InChI=1S/C23H28N2O4.C3H6.2C2H6/c1-2-14-24-22(26)29-21-10-8-20(9-11-21)28-18-17-25-15-12-23(27,13-16-25)19-6-4-3-5-7-19;1-3-2;2*1-2/h2-11,14,27H,12-13,15-18H2,1H3,(H,24,26);3H,1H2,2H3;2*1-2H3/b14-2+;;;. The summed E-state index contributed by atoms with van der Waals surface area (Å²) in [4.78, 5) is 13.8. The topological polar surface area (TPSA) is 71.0 Å². The van der Waals surface area contributed by atoms with Crippen molar-refractivity contribution in [3.8, 4) is 11.5 Å². The molecule has 2 aromatic carbocycles. The fourth-order valence-corrected chi connectivity index (χ4v) is 3.37. The molecule has 1 aliphatic heterocycles. The average Bonchev–Trinajstić information content (AvgIpc) is 2.93. The second-order valence-electron chi connectivity index (χ2n) is 7.50. The van der Waals surface area contributed by atoms with Gasteiger partial charge in [0.1, 0.15) is 18.1 Å². The molecule has 0 aliphatic carbocycles. The zero-order chi connectivity index (χ0) is 27.2. The molecule has 1 heterocycles. The number of allylic oxidation sites excluding steroid dienone is 2. The van der Waals surface area contributed by atoms with Crippen LogP contribution in [0.3, 0.4) is 0 Å². The molecule has 200 valence electrons. The molecule has 0 bridgehead atoms. The van der Waals surface area contributed by atoms with Crippen LogP contribution in [-0.4, -0.2) is 42.3 Å². The molecule has 2 aromatic rings. The Morgan fingerprint density at radius 1 is 1.00 bits per heavy atom.